The maximum atomic E-state index is 9.99. The molecule has 0 radical (unpaired) electrons. The Hall–Kier alpha value is -2.53. The third-order valence-electron chi connectivity index (χ3n) is 3.48. The first kappa shape index (κ1) is 16.3. The van der Waals surface area contributed by atoms with E-state index >= 15 is 0 Å². The van der Waals surface area contributed by atoms with E-state index in [-0.39, 0.29) is 5.75 Å². The van der Waals surface area contributed by atoms with Gasteiger partial charge in [0.2, 0.25) is 0 Å². The summed E-state index contributed by atoms with van der Waals surface area (Å²) in [7, 11) is 0. The maximum Gasteiger partial charge on any atom is 0.190 e. The number of thioether (sulfide) groups is 1. The Bertz CT molecular complexity index is 823. The normalized spacial score (nSPS) is 15.3. The van der Waals surface area contributed by atoms with Crippen LogP contribution in [0.2, 0.25) is 0 Å². The molecular weight excluding hydrogens is 318 g/mol. The van der Waals surface area contributed by atoms with Gasteiger partial charge in [0.15, 0.2) is 11.0 Å². The number of nitrogens with zero attached hydrogens (tertiary/aromatic N) is 2. The molecule has 0 aromatic heterocycles. The van der Waals surface area contributed by atoms with Crippen LogP contribution < -0.4 is 5.32 Å². The molecule has 0 bridgehead atoms. The van der Waals surface area contributed by atoms with Crippen molar-refractivity contribution < 1.29 is 5.11 Å². The number of phenolic OH excluding ortho intramolecular Hbond substituents is 1. The predicted molar refractivity (Wildman–Crippen MR) is 104 cm³/mol. The molecule has 0 amide bonds. The second kappa shape index (κ2) is 7.36. The van der Waals surface area contributed by atoms with Crippen LogP contribution in [0.3, 0.4) is 0 Å². The molecule has 2 N–H and O–H groups in total. The molecule has 0 spiro atoms. The van der Waals surface area contributed by atoms with Crippen molar-refractivity contribution in [2.75, 3.05) is 11.1 Å². The van der Waals surface area contributed by atoms with Crippen molar-refractivity contribution in [3.8, 4) is 5.75 Å². The molecule has 0 fully saturated rings. The molecule has 0 atom stereocenters. The predicted octanol–water partition coefficient (Wildman–Crippen LogP) is 4.67. The lowest BCUT2D eigenvalue weighted by Gasteiger charge is -2.07. The van der Waals surface area contributed by atoms with Gasteiger partial charge >= 0.3 is 0 Å². The highest BCUT2D eigenvalue weighted by Gasteiger charge is 2.17. The molecule has 0 saturated carbocycles. The maximum absolute atomic E-state index is 9.99. The molecule has 122 valence electrons. The average molecular weight is 337 g/mol. The summed E-state index contributed by atoms with van der Waals surface area (Å²) in [5, 5.41) is 14.0. The van der Waals surface area contributed by atoms with Crippen molar-refractivity contribution >= 4 is 34.5 Å². The van der Waals surface area contributed by atoms with Crippen LogP contribution >= 0.6 is 11.8 Å². The number of hydrogen-bond donors (Lipinski definition) is 2. The van der Waals surface area contributed by atoms with Crippen LogP contribution in [0, 0.1) is 6.92 Å². The van der Waals surface area contributed by atoms with Crippen LogP contribution in [-0.4, -0.2) is 21.9 Å². The quantitative estimate of drug-likeness (QED) is 0.855. The molecule has 1 aliphatic rings. The Morgan fingerprint density at radius 2 is 1.83 bits per heavy atom. The monoisotopic (exact) mass is 337 g/mol. The smallest absolute Gasteiger partial charge is 0.190 e. The second-order valence-corrected chi connectivity index (χ2v) is 6.60. The van der Waals surface area contributed by atoms with Gasteiger partial charge in [-0.25, -0.2) is 9.98 Å². The lowest BCUT2D eigenvalue weighted by molar-refractivity contribution is 0.474. The van der Waals surface area contributed by atoms with E-state index < -0.39 is 0 Å². The van der Waals surface area contributed by atoms with Crippen molar-refractivity contribution in [3.05, 3.63) is 65.4 Å². The number of phenols is 1. The Labute approximate surface area is 146 Å². The van der Waals surface area contributed by atoms with Gasteiger partial charge in [0.25, 0.3) is 0 Å². The number of para-hydroxylation sites is 1. The van der Waals surface area contributed by atoms with Gasteiger partial charge < -0.3 is 10.4 Å². The first-order valence-electron chi connectivity index (χ1n) is 7.79. The highest BCUT2D eigenvalue weighted by Crippen LogP contribution is 2.25. The summed E-state index contributed by atoms with van der Waals surface area (Å²) in [5.74, 6) is 1.83. The Balaban J connectivity index is 1.91. The van der Waals surface area contributed by atoms with Crippen LogP contribution in [-0.2, 0) is 0 Å². The number of hydrogen-bond acceptors (Lipinski definition) is 5. The Kier molecular flexibility index (Phi) is 5.01. The van der Waals surface area contributed by atoms with Crippen LogP contribution in [0.4, 0.5) is 5.69 Å². The number of aliphatic imine (C=N–C) groups is 2. The number of benzene rings is 2. The van der Waals surface area contributed by atoms with E-state index in [0.717, 1.165) is 22.2 Å². The minimum absolute atomic E-state index is 0.228. The van der Waals surface area contributed by atoms with E-state index in [1.807, 2.05) is 42.5 Å². The van der Waals surface area contributed by atoms with Crippen LogP contribution in [0.5, 0.6) is 5.75 Å². The van der Waals surface area contributed by atoms with E-state index in [4.69, 9.17) is 0 Å². The molecule has 1 heterocycles. The fraction of sp³-hybridized carbons (Fsp3) is 0.158. The van der Waals surface area contributed by atoms with Gasteiger partial charge in [0.05, 0.1) is 0 Å². The summed E-state index contributed by atoms with van der Waals surface area (Å²) >= 11 is 1.59. The van der Waals surface area contributed by atoms with Gasteiger partial charge in [-0.2, -0.15) is 0 Å². The number of nitrogens with one attached hydrogen (secondary N) is 1. The fourth-order valence-corrected chi connectivity index (χ4v) is 2.83. The zero-order valence-electron chi connectivity index (χ0n) is 13.7. The molecule has 0 saturated heterocycles. The van der Waals surface area contributed by atoms with Crippen LogP contribution in [0.1, 0.15) is 18.1 Å². The molecule has 4 nitrogen and oxygen atoms in total. The molecule has 24 heavy (non-hydrogen) atoms. The SMILES string of the molecule is CCSC1=N/C(=C/c2ccccc2O)C(Nc2ccc(C)cc2)=N1. The van der Waals surface area contributed by atoms with Crippen LogP contribution in [0.15, 0.2) is 64.2 Å². The molecule has 2 aromatic rings. The van der Waals surface area contributed by atoms with Gasteiger partial charge in [-0.1, -0.05) is 54.6 Å². The topological polar surface area (TPSA) is 57.0 Å². The first-order chi connectivity index (χ1) is 11.7. The van der Waals surface area contributed by atoms with Gasteiger partial charge in [0.1, 0.15) is 11.4 Å². The summed E-state index contributed by atoms with van der Waals surface area (Å²) in [6, 6.07) is 15.3. The minimum atomic E-state index is 0.228. The minimum Gasteiger partial charge on any atom is -0.507 e. The number of amidine groups is 2. The summed E-state index contributed by atoms with van der Waals surface area (Å²) in [6.45, 7) is 4.12. The second-order valence-electron chi connectivity index (χ2n) is 5.37. The van der Waals surface area contributed by atoms with Gasteiger partial charge in [-0.3, -0.25) is 0 Å². The lowest BCUT2D eigenvalue weighted by Crippen LogP contribution is -2.11. The number of rotatable bonds is 3. The van der Waals surface area contributed by atoms with E-state index in [0.29, 0.717) is 11.5 Å². The molecule has 0 aliphatic carbocycles. The van der Waals surface area contributed by atoms with Gasteiger partial charge in [0, 0.05) is 11.3 Å². The molecule has 2 aromatic carbocycles. The summed E-state index contributed by atoms with van der Waals surface area (Å²) < 4.78 is 0. The Morgan fingerprint density at radius 1 is 1.08 bits per heavy atom. The zero-order valence-corrected chi connectivity index (χ0v) is 14.5. The highest BCUT2D eigenvalue weighted by molar-refractivity contribution is 8.13. The van der Waals surface area contributed by atoms with Gasteiger partial charge in [-0.05, 0) is 37.0 Å². The van der Waals surface area contributed by atoms with E-state index in [9.17, 15) is 5.11 Å². The molecule has 0 unspecified atom stereocenters. The summed E-state index contributed by atoms with van der Waals surface area (Å²) in [4.78, 5) is 9.14. The number of anilines is 1. The van der Waals surface area contributed by atoms with Crippen molar-refractivity contribution in [2.24, 2.45) is 9.98 Å². The molecule has 1 aliphatic heterocycles. The summed E-state index contributed by atoms with van der Waals surface area (Å²) in [6.07, 6.45) is 1.85. The molecular formula is C19H19N3OS. The number of aromatic hydroxyl groups is 1. The fourth-order valence-electron chi connectivity index (χ4n) is 2.25. The largest absolute Gasteiger partial charge is 0.507 e. The third kappa shape index (κ3) is 3.86. The Morgan fingerprint density at radius 3 is 2.54 bits per heavy atom. The highest BCUT2D eigenvalue weighted by atomic mass is 32.2. The third-order valence-corrected chi connectivity index (χ3v) is 4.21. The van der Waals surface area contributed by atoms with E-state index in [1.165, 1.54) is 5.56 Å². The van der Waals surface area contributed by atoms with Gasteiger partial charge in [-0.15, -0.1) is 0 Å². The van der Waals surface area contributed by atoms with Crippen molar-refractivity contribution in [1.82, 2.24) is 0 Å². The van der Waals surface area contributed by atoms with Crippen molar-refractivity contribution in [2.45, 2.75) is 13.8 Å². The van der Waals surface area contributed by atoms with Crippen LogP contribution in [0.25, 0.3) is 6.08 Å². The molecule has 5 heteroatoms. The van der Waals surface area contributed by atoms with Crippen molar-refractivity contribution in [3.63, 3.8) is 0 Å². The summed E-state index contributed by atoms with van der Waals surface area (Å²) in [5.41, 5.74) is 3.60. The van der Waals surface area contributed by atoms with E-state index in [1.54, 1.807) is 23.9 Å². The van der Waals surface area contributed by atoms with Crippen molar-refractivity contribution in [1.29, 1.82) is 0 Å². The molecule has 3 rings (SSSR count). The number of aryl methyl sites for hydroxylation is 1. The standard InChI is InChI=1S/C19H19N3OS/c1-3-24-19-21-16(12-14-6-4-5-7-17(14)23)18(22-19)20-15-10-8-13(2)9-11-15/h4-12,23H,3H2,1-2H3,(H,20,21,22)/b16-12+. The lowest BCUT2D eigenvalue weighted by atomic mass is 10.1. The average Bonchev–Trinajstić information content (AvgIpc) is 2.93. The van der Waals surface area contributed by atoms with E-state index in [2.05, 4.69) is 29.1 Å². The first-order valence-corrected chi connectivity index (χ1v) is 8.78. The zero-order chi connectivity index (χ0) is 16.9.